The summed E-state index contributed by atoms with van der Waals surface area (Å²) in [6.45, 7) is 0. The summed E-state index contributed by atoms with van der Waals surface area (Å²) < 4.78 is 65.8. The van der Waals surface area contributed by atoms with Crippen molar-refractivity contribution in [3.8, 4) is 5.75 Å². The molecule has 0 unspecified atom stereocenters. The first-order valence-electron chi connectivity index (χ1n) is 5.18. The predicted octanol–water partition coefficient (Wildman–Crippen LogP) is 3.45. The predicted molar refractivity (Wildman–Crippen MR) is 68.3 cm³/mol. The van der Waals surface area contributed by atoms with Gasteiger partial charge in [0.05, 0.1) is 4.90 Å². The number of anilines is 1. The lowest BCUT2D eigenvalue weighted by Gasteiger charge is -2.10. The Balaban J connectivity index is 2.17. The molecule has 0 radical (unpaired) electrons. The van der Waals surface area contributed by atoms with Gasteiger partial charge in [0.1, 0.15) is 10.8 Å². The fourth-order valence-corrected chi connectivity index (χ4v) is 3.28. The summed E-state index contributed by atoms with van der Waals surface area (Å²) in [7, 11) is -3.82. The number of hydrogen-bond donors (Lipinski definition) is 1. The fraction of sp³-hybridized carbons (Fsp3) is 0.0909. The van der Waals surface area contributed by atoms with Crippen molar-refractivity contribution in [1.82, 2.24) is 0 Å². The second-order valence-corrected chi connectivity index (χ2v) is 6.23. The number of halogens is 3. The molecule has 9 heteroatoms. The third-order valence-corrected chi connectivity index (χ3v) is 4.42. The first-order valence-corrected chi connectivity index (χ1v) is 7.55. The molecule has 0 saturated carbocycles. The zero-order valence-corrected chi connectivity index (χ0v) is 11.3. The minimum absolute atomic E-state index is 0.152. The van der Waals surface area contributed by atoms with Crippen LogP contribution in [-0.4, -0.2) is 14.8 Å². The summed E-state index contributed by atoms with van der Waals surface area (Å²) in [6.07, 6.45) is -4.81. The highest BCUT2D eigenvalue weighted by Gasteiger charge is 2.31. The van der Waals surface area contributed by atoms with Crippen LogP contribution in [0.15, 0.2) is 46.7 Å². The van der Waals surface area contributed by atoms with E-state index in [1.807, 2.05) is 0 Å². The second kappa shape index (κ2) is 5.33. The minimum Gasteiger partial charge on any atom is -0.406 e. The summed E-state index contributed by atoms with van der Waals surface area (Å²) in [5.74, 6) is -0.479. The van der Waals surface area contributed by atoms with Gasteiger partial charge in [0.25, 0.3) is 10.0 Å². The first-order chi connectivity index (χ1) is 9.26. The highest BCUT2D eigenvalue weighted by molar-refractivity contribution is 7.93. The van der Waals surface area contributed by atoms with Crippen LogP contribution in [0.1, 0.15) is 0 Å². The standard InChI is InChI=1S/C11H8F3NO3S2/c12-11(13,14)18-8-3-5-9(6-4-8)20(16,17)15-10-2-1-7-19-10/h1-7,15H. The van der Waals surface area contributed by atoms with Gasteiger partial charge in [-0.3, -0.25) is 4.72 Å². The molecule has 20 heavy (non-hydrogen) atoms. The minimum atomic E-state index is -4.81. The molecule has 0 aliphatic carbocycles. The molecular formula is C11H8F3NO3S2. The van der Waals surface area contributed by atoms with E-state index in [0.717, 1.165) is 24.3 Å². The Morgan fingerprint density at radius 2 is 1.75 bits per heavy atom. The highest BCUT2D eigenvalue weighted by atomic mass is 32.2. The Bertz CT molecular complexity index is 664. The highest BCUT2D eigenvalue weighted by Crippen LogP contribution is 2.25. The number of ether oxygens (including phenoxy) is 1. The van der Waals surface area contributed by atoms with Crippen LogP contribution in [0.2, 0.25) is 0 Å². The van der Waals surface area contributed by atoms with Crippen molar-refractivity contribution in [3.63, 3.8) is 0 Å². The molecule has 0 aliphatic rings. The summed E-state index contributed by atoms with van der Waals surface area (Å²) in [4.78, 5) is -0.152. The van der Waals surface area contributed by atoms with E-state index in [0.29, 0.717) is 5.00 Å². The van der Waals surface area contributed by atoms with E-state index < -0.39 is 22.1 Å². The lowest BCUT2D eigenvalue weighted by molar-refractivity contribution is -0.274. The molecule has 0 atom stereocenters. The van der Waals surface area contributed by atoms with Crippen LogP contribution in [0.3, 0.4) is 0 Å². The third-order valence-electron chi connectivity index (χ3n) is 2.12. The molecule has 0 amide bonds. The van der Waals surface area contributed by atoms with Gasteiger partial charge in [-0.05, 0) is 41.8 Å². The van der Waals surface area contributed by atoms with Crippen molar-refractivity contribution < 1.29 is 26.3 Å². The normalized spacial score (nSPS) is 12.2. The molecule has 0 aliphatic heterocycles. The van der Waals surface area contributed by atoms with Gasteiger partial charge in [-0.1, -0.05) is 0 Å². The van der Waals surface area contributed by atoms with Crippen molar-refractivity contribution in [1.29, 1.82) is 0 Å². The van der Waals surface area contributed by atoms with E-state index in [1.54, 1.807) is 17.5 Å². The third kappa shape index (κ3) is 3.87. The van der Waals surface area contributed by atoms with Gasteiger partial charge in [0.2, 0.25) is 0 Å². The molecule has 1 aromatic heterocycles. The Kier molecular flexibility index (Phi) is 3.91. The van der Waals surface area contributed by atoms with E-state index >= 15 is 0 Å². The van der Waals surface area contributed by atoms with Crippen molar-refractivity contribution >= 4 is 26.4 Å². The van der Waals surface area contributed by atoms with E-state index in [4.69, 9.17) is 0 Å². The Morgan fingerprint density at radius 1 is 1.10 bits per heavy atom. The molecule has 4 nitrogen and oxygen atoms in total. The van der Waals surface area contributed by atoms with Gasteiger partial charge in [-0.15, -0.1) is 24.5 Å². The van der Waals surface area contributed by atoms with Crippen LogP contribution in [-0.2, 0) is 10.0 Å². The van der Waals surface area contributed by atoms with E-state index in [1.165, 1.54) is 11.3 Å². The molecule has 0 spiro atoms. The average Bonchev–Trinajstić information content (AvgIpc) is 2.79. The van der Waals surface area contributed by atoms with Crippen LogP contribution in [0.25, 0.3) is 0 Å². The zero-order valence-electron chi connectivity index (χ0n) is 9.72. The molecular weight excluding hydrogens is 315 g/mol. The van der Waals surface area contributed by atoms with Gasteiger partial charge >= 0.3 is 6.36 Å². The first kappa shape index (κ1) is 14.7. The van der Waals surface area contributed by atoms with Crippen molar-refractivity contribution in [2.75, 3.05) is 4.72 Å². The largest absolute Gasteiger partial charge is 0.573 e. The molecule has 1 aromatic carbocycles. The van der Waals surface area contributed by atoms with E-state index in [9.17, 15) is 21.6 Å². The molecule has 2 aromatic rings. The number of hydrogen-bond acceptors (Lipinski definition) is 4. The molecule has 0 bridgehead atoms. The zero-order chi connectivity index (χ0) is 14.8. The van der Waals surface area contributed by atoms with Crippen LogP contribution >= 0.6 is 11.3 Å². The number of benzene rings is 1. The van der Waals surface area contributed by atoms with Gasteiger partial charge in [0.15, 0.2) is 0 Å². The summed E-state index contributed by atoms with van der Waals surface area (Å²) in [6, 6.07) is 7.20. The van der Waals surface area contributed by atoms with Gasteiger partial charge in [-0.25, -0.2) is 8.42 Å². The quantitative estimate of drug-likeness (QED) is 0.937. The van der Waals surface area contributed by atoms with Crippen molar-refractivity contribution in [3.05, 3.63) is 41.8 Å². The van der Waals surface area contributed by atoms with E-state index in [2.05, 4.69) is 9.46 Å². The monoisotopic (exact) mass is 323 g/mol. The molecule has 2 rings (SSSR count). The topological polar surface area (TPSA) is 55.4 Å². The molecule has 1 N–H and O–H groups in total. The number of rotatable bonds is 4. The van der Waals surface area contributed by atoms with Crippen LogP contribution in [0.4, 0.5) is 18.2 Å². The lowest BCUT2D eigenvalue weighted by atomic mass is 10.3. The SMILES string of the molecule is O=S(=O)(Nc1cccs1)c1ccc(OC(F)(F)F)cc1. The maximum absolute atomic E-state index is 12.0. The average molecular weight is 323 g/mol. The van der Waals surface area contributed by atoms with Crippen LogP contribution in [0.5, 0.6) is 5.75 Å². The molecule has 108 valence electrons. The van der Waals surface area contributed by atoms with Gasteiger partial charge in [0, 0.05) is 0 Å². The molecule has 1 heterocycles. The summed E-state index contributed by atoms with van der Waals surface area (Å²) in [5, 5.41) is 2.11. The fourth-order valence-electron chi connectivity index (χ4n) is 1.35. The maximum Gasteiger partial charge on any atom is 0.573 e. The lowest BCUT2D eigenvalue weighted by Crippen LogP contribution is -2.17. The molecule has 0 fully saturated rings. The number of nitrogens with one attached hydrogen (secondary N) is 1. The smallest absolute Gasteiger partial charge is 0.406 e. The maximum atomic E-state index is 12.0. The van der Waals surface area contributed by atoms with Gasteiger partial charge in [-0.2, -0.15) is 0 Å². The van der Waals surface area contributed by atoms with Gasteiger partial charge < -0.3 is 4.74 Å². The Morgan fingerprint density at radius 3 is 2.25 bits per heavy atom. The Hall–Kier alpha value is -1.74. The van der Waals surface area contributed by atoms with Crippen LogP contribution in [0, 0.1) is 0 Å². The van der Waals surface area contributed by atoms with Crippen molar-refractivity contribution in [2.24, 2.45) is 0 Å². The van der Waals surface area contributed by atoms with E-state index in [-0.39, 0.29) is 4.90 Å². The number of alkyl halides is 3. The summed E-state index contributed by atoms with van der Waals surface area (Å²) >= 11 is 1.19. The Labute approximate surface area is 116 Å². The number of thiophene rings is 1. The molecule has 0 saturated heterocycles. The van der Waals surface area contributed by atoms with Crippen molar-refractivity contribution in [2.45, 2.75) is 11.3 Å². The second-order valence-electron chi connectivity index (χ2n) is 3.60. The summed E-state index contributed by atoms with van der Waals surface area (Å²) in [5.41, 5.74) is 0. The number of sulfonamides is 1. The van der Waals surface area contributed by atoms with Crippen LogP contribution < -0.4 is 9.46 Å².